The molecule has 0 amide bonds. The van der Waals surface area contributed by atoms with Gasteiger partial charge in [0.1, 0.15) is 5.75 Å². The molecule has 0 fully saturated rings. The SMILES string of the molecule is Cc1ccc(O)c(CN(C)C)c1.[LiH]. The average molecular weight is 173 g/mol. The summed E-state index contributed by atoms with van der Waals surface area (Å²) in [5.41, 5.74) is 2.17. The van der Waals surface area contributed by atoms with Crippen LogP contribution in [0.4, 0.5) is 0 Å². The Labute approximate surface area is 91.7 Å². The summed E-state index contributed by atoms with van der Waals surface area (Å²) in [4.78, 5) is 2.04. The molecule has 13 heavy (non-hydrogen) atoms. The van der Waals surface area contributed by atoms with E-state index in [1.54, 1.807) is 6.07 Å². The quantitative estimate of drug-likeness (QED) is 0.677. The fourth-order valence-electron chi connectivity index (χ4n) is 1.18. The van der Waals surface area contributed by atoms with Crippen molar-refractivity contribution in [2.24, 2.45) is 0 Å². The van der Waals surface area contributed by atoms with Gasteiger partial charge in [0.25, 0.3) is 0 Å². The van der Waals surface area contributed by atoms with Crippen LogP contribution in [0.5, 0.6) is 5.75 Å². The molecule has 0 saturated heterocycles. The number of rotatable bonds is 2. The van der Waals surface area contributed by atoms with Gasteiger partial charge in [-0.2, -0.15) is 0 Å². The fourth-order valence-corrected chi connectivity index (χ4v) is 1.18. The predicted octanol–water partition coefficient (Wildman–Crippen LogP) is 1.11. The van der Waals surface area contributed by atoms with Crippen LogP contribution in [0.1, 0.15) is 11.1 Å². The van der Waals surface area contributed by atoms with E-state index in [1.165, 1.54) is 5.56 Å². The maximum absolute atomic E-state index is 9.46. The van der Waals surface area contributed by atoms with Gasteiger partial charge < -0.3 is 10.0 Å². The number of aromatic hydroxyl groups is 1. The normalized spacial score (nSPS) is 9.85. The molecule has 0 heterocycles. The van der Waals surface area contributed by atoms with Gasteiger partial charge in [-0.3, -0.25) is 0 Å². The van der Waals surface area contributed by atoms with Crippen LogP contribution in [0.25, 0.3) is 0 Å². The molecule has 0 saturated carbocycles. The Morgan fingerprint density at radius 2 is 1.92 bits per heavy atom. The molecule has 0 atom stereocenters. The maximum atomic E-state index is 9.46. The van der Waals surface area contributed by atoms with E-state index in [0.29, 0.717) is 5.75 Å². The molecular formula is C10H16LiNO. The van der Waals surface area contributed by atoms with Crippen LogP contribution in [-0.4, -0.2) is 43.0 Å². The molecule has 0 spiro atoms. The Hall–Kier alpha value is -0.423. The van der Waals surface area contributed by atoms with Gasteiger partial charge in [-0.15, -0.1) is 0 Å². The standard InChI is InChI=1S/C10H15NO.Li.H/c1-8-4-5-10(12)9(6-8)7-11(2)3;;/h4-6,12H,7H2,1-3H3;;. The summed E-state index contributed by atoms with van der Waals surface area (Å²) in [7, 11) is 3.98. The molecule has 0 radical (unpaired) electrons. The number of benzene rings is 1. The third-order valence-corrected chi connectivity index (χ3v) is 1.72. The minimum absolute atomic E-state index is 0. The van der Waals surface area contributed by atoms with Gasteiger partial charge in [0.15, 0.2) is 0 Å². The van der Waals surface area contributed by atoms with Crippen LogP contribution in [0, 0.1) is 6.92 Å². The summed E-state index contributed by atoms with van der Waals surface area (Å²) >= 11 is 0. The van der Waals surface area contributed by atoms with E-state index in [9.17, 15) is 5.11 Å². The summed E-state index contributed by atoms with van der Waals surface area (Å²) in [6.07, 6.45) is 0. The molecule has 0 aliphatic heterocycles. The molecule has 1 aromatic carbocycles. The van der Waals surface area contributed by atoms with Crippen molar-refractivity contribution >= 4 is 18.9 Å². The van der Waals surface area contributed by atoms with Gasteiger partial charge in [-0.1, -0.05) is 17.7 Å². The molecule has 2 nitrogen and oxygen atoms in total. The molecule has 0 unspecified atom stereocenters. The Balaban J connectivity index is 0.00000144. The first-order chi connectivity index (χ1) is 5.59. The molecule has 3 heteroatoms. The van der Waals surface area contributed by atoms with Gasteiger partial charge in [-0.05, 0) is 27.1 Å². The first-order valence-corrected chi connectivity index (χ1v) is 4.03. The zero-order chi connectivity index (χ0) is 9.14. The van der Waals surface area contributed by atoms with Crippen LogP contribution in [0.3, 0.4) is 0 Å². The molecule has 0 aliphatic rings. The van der Waals surface area contributed by atoms with E-state index < -0.39 is 0 Å². The summed E-state index contributed by atoms with van der Waals surface area (Å²) in [5.74, 6) is 0.384. The Kier molecular flexibility index (Phi) is 5.16. The van der Waals surface area contributed by atoms with Gasteiger partial charge >= 0.3 is 18.9 Å². The van der Waals surface area contributed by atoms with Crippen molar-refractivity contribution in [3.8, 4) is 5.75 Å². The van der Waals surface area contributed by atoms with Crippen molar-refractivity contribution in [1.29, 1.82) is 0 Å². The van der Waals surface area contributed by atoms with Crippen molar-refractivity contribution < 1.29 is 5.11 Å². The number of nitrogens with zero attached hydrogens (tertiary/aromatic N) is 1. The Morgan fingerprint density at radius 1 is 1.31 bits per heavy atom. The molecule has 0 aliphatic carbocycles. The second kappa shape index (κ2) is 5.34. The second-order valence-electron chi connectivity index (χ2n) is 3.37. The number of hydrogen-bond acceptors (Lipinski definition) is 2. The van der Waals surface area contributed by atoms with Crippen LogP contribution < -0.4 is 0 Å². The number of hydrogen-bond donors (Lipinski definition) is 1. The minimum atomic E-state index is 0. The van der Waals surface area contributed by atoms with Crippen LogP contribution in [0.15, 0.2) is 18.2 Å². The third kappa shape index (κ3) is 3.86. The molecule has 0 aromatic heterocycles. The summed E-state index contributed by atoms with van der Waals surface area (Å²) < 4.78 is 0. The van der Waals surface area contributed by atoms with E-state index in [0.717, 1.165) is 12.1 Å². The molecule has 1 aromatic rings. The zero-order valence-corrected chi connectivity index (χ0v) is 7.83. The van der Waals surface area contributed by atoms with E-state index in [4.69, 9.17) is 0 Å². The van der Waals surface area contributed by atoms with Crippen molar-refractivity contribution in [2.45, 2.75) is 13.5 Å². The molecular weight excluding hydrogens is 157 g/mol. The zero-order valence-electron chi connectivity index (χ0n) is 7.83. The Morgan fingerprint density at radius 3 is 2.46 bits per heavy atom. The molecule has 0 bridgehead atoms. The van der Waals surface area contributed by atoms with Crippen molar-refractivity contribution in [3.05, 3.63) is 29.3 Å². The van der Waals surface area contributed by atoms with E-state index >= 15 is 0 Å². The first-order valence-electron chi connectivity index (χ1n) is 4.03. The fraction of sp³-hybridized carbons (Fsp3) is 0.400. The Bertz CT molecular complexity index is 274. The van der Waals surface area contributed by atoms with Crippen LogP contribution in [-0.2, 0) is 6.54 Å². The predicted molar refractivity (Wildman–Crippen MR) is 57.4 cm³/mol. The summed E-state index contributed by atoms with van der Waals surface area (Å²) in [5, 5.41) is 9.46. The number of aryl methyl sites for hydroxylation is 1. The number of phenolic OH excluding ortho intramolecular Hbond substituents is 1. The van der Waals surface area contributed by atoms with E-state index in [-0.39, 0.29) is 18.9 Å². The average Bonchev–Trinajstić information content (AvgIpc) is 1.96. The van der Waals surface area contributed by atoms with Crippen LogP contribution >= 0.6 is 0 Å². The van der Waals surface area contributed by atoms with E-state index in [2.05, 4.69) is 0 Å². The monoisotopic (exact) mass is 173 g/mol. The topological polar surface area (TPSA) is 23.5 Å². The van der Waals surface area contributed by atoms with Crippen LogP contribution in [0.2, 0.25) is 0 Å². The van der Waals surface area contributed by atoms with E-state index in [1.807, 2.05) is 38.1 Å². The third-order valence-electron chi connectivity index (χ3n) is 1.72. The van der Waals surface area contributed by atoms with Gasteiger partial charge in [0.05, 0.1) is 0 Å². The van der Waals surface area contributed by atoms with Gasteiger partial charge in [-0.25, -0.2) is 0 Å². The number of phenols is 1. The second-order valence-corrected chi connectivity index (χ2v) is 3.37. The summed E-state index contributed by atoms with van der Waals surface area (Å²) in [6.45, 7) is 2.81. The first kappa shape index (κ1) is 12.6. The molecule has 1 rings (SSSR count). The summed E-state index contributed by atoms with van der Waals surface area (Å²) in [6, 6.07) is 5.66. The van der Waals surface area contributed by atoms with Gasteiger partial charge in [0, 0.05) is 12.1 Å². The van der Waals surface area contributed by atoms with Gasteiger partial charge in [0.2, 0.25) is 0 Å². The molecule has 68 valence electrons. The van der Waals surface area contributed by atoms with Crippen molar-refractivity contribution in [3.63, 3.8) is 0 Å². The van der Waals surface area contributed by atoms with Crippen molar-refractivity contribution in [1.82, 2.24) is 4.90 Å². The molecule has 1 N–H and O–H groups in total. The van der Waals surface area contributed by atoms with Crippen molar-refractivity contribution in [2.75, 3.05) is 14.1 Å².